The Labute approximate surface area is 82.6 Å². The molecule has 1 heterocycles. The zero-order valence-electron chi connectivity index (χ0n) is 8.00. The van der Waals surface area contributed by atoms with Crippen LogP contribution in [0.4, 0.5) is 0 Å². The van der Waals surface area contributed by atoms with Crippen molar-refractivity contribution in [3.63, 3.8) is 0 Å². The molecule has 0 unspecified atom stereocenters. The molecule has 1 N–H and O–H groups in total. The van der Waals surface area contributed by atoms with Crippen LogP contribution in [0.1, 0.15) is 6.42 Å². The molecule has 1 aliphatic rings. The Morgan fingerprint density at radius 3 is 2.50 bits per heavy atom. The summed E-state index contributed by atoms with van der Waals surface area (Å²) in [5.41, 5.74) is 0. The van der Waals surface area contributed by atoms with Gasteiger partial charge in [-0.1, -0.05) is 0 Å². The predicted octanol–water partition coefficient (Wildman–Crippen LogP) is -0.880. The number of aliphatic carboxylic acids is 1. The molecule has 0 aromatic heterocycles. The van der Waals surface area contributed by atoms with Gasteiger partial charge in [0.25, 0.3) is 10.1 Å². The van der Waals surface area contributed by atoms with Crippen molar-refractivity contribution in [2.75, 3.05) is 19.8 Å². The Kier molecular flexibility index (Phi) is 3.13. The monoisotopic (exact) mass is 223 g/mol. The van der Waals surface area contributed by atoms with Crippen LogP contribution in [0.3, 0.4) is 0 Å². The molecule has 7 heteroatoms. The summed E-state index contributed by atoms with van der Waals surface area (Å²) < 4.78 is 26.3. The average molecular weight is 223 g/mol. The zero-order chi connectivity index (χ0) is 10.9. The van der Waals surface area contributed by atoms with E-state index in [4.69, 9.17) is 9.29 Å². The molecule has 0 aromatic rings. The van der Waals surface area contributed by atoms with Crippen LogP contribution < -0.4 is 0 Å². The molecule has 1 rings (SSSR count). The van der Waals surface area contributed by atoms with Crippen LogP contribution in [0.25, 0.3) is 0 Å². The first kappa shape index (κ1) is 11.4. The third-order valence-corrected chi connectivity index (χ3v) is 2.73. The second kappa shape index (κ2) is 3.84. The van der Waals surface area contributed by atoms with E-state index in [9.17, 15) is 13.2 Å². The molecule has 2 atom stereocenters. The fourth-order valence-corrected chi connectivity index (χ4v) is 2.19. The first-order valence-electron chi connectivity index (χ1n) is 4.11. The lowest BCUT2D eigenvalue weighted by atomic mass is 10.2. The van der Waals surface area contributed by atoms with Gasteiger partial charge in [-0.3, -0.25) is 13.9 Å². The van der Waals surface area contributed by atoms with Crippen LogP contribution in [0.5, 0.6) is 0 Å². The number of carbonyl (C=O) groups is 1. The van der Waals surface area contributed by atoms with Crippen LogP contribution in [0.2, 0.25) is 0 Å². The molecule has 1 fully saturated rings. The lowest BCUT2D eigenvalue weighted by Crippen LogP contribution is -2.32. The smallest absolute Gasteiger partial charge is 0.321 e. The van der Waals surface area contributed by atoms with Crippen molar-refractivity contribution in [3.05, 3.63) is 0 Å². The maximum atomic E-state index is 10.8. The van der Waals surface area contributed by atoms with Crippen LogP contribution in [-0.4, -0.2) is 56.4 Å². The van der Waals surface area contributed by atoms with Crippen molar-refractivity contribution in [1.29, 1.82) is 0 Å². The lowest BCUT2D eigenvalue weighted by molar-refractivity contribution is -0.141. The average Bonchev–Trinajstić information content (AvgIpc) is 2.26. The van der Waals surface area contributed by atoms with E-state index in [0.29, 0.717) is 6.54 Å². The minimum Gasteiger partial charge on any atom is -0.480 e. The van der Waals surface area contributed by atoms with E-state index in [1.165, 1.54) is 0 Å². The predicted molar refractivity (Wildman–Crippen MR) is 48.4 cm³/mol. The molecule has 0 saturated carbocycles. The second-order valence-electron chi connectivity index (χ2n) is 3.45. The Morgan fingerprint density at radius 2 is 2.14 bits per heavy atom. The van der Waals surface area contributed by atoms with E-state index in [1.54, 1.807) is 11.9 Å². The molecule has 1 aliphatic heterocycles. The van der Waals surface area contributed by atoms with Crippen molar-refractivity contribution in [1.82, 2.24) is 4.90 Å². The summed E-state index contributed by atoms with van der Waals surface area (Å²) in [4.78, 5) is 12.2. The highest BCUT2D eigenvalue weighted by atomic mass is 32.2. The Balaban J connectivity index is 2.60. The number of carboxylic acid groups (broad SMARTS) is 1. The van der Waals surface area contributed by atoms with Gasteiger partial charge in [0.05, 0.1) is 12.4 Å². The molecule has 0 spiro atoms. The number of nitrogens with zero attached hydrogens (tertiary/aromatic N) is 1. The normalized spacial score (nSPS) is 29.3. The lowest BCUT2D eigenvalue weighted by Gasteiger charge is -2.12. The number of likely N-dealkylation sites (tertiary alicyclic amines) is 1. The van der Waals surface area contributed by atoms with E-state index >= 15 is 0 Å². The van der Waals surface area contributed by atoms with Crippen LogP contribution in [-0.2, 0) is 19.1 Å². The summed E-state index contributed by atoms with van der Waals surface area (Å²) in [5.74, 6) is -0.952. The number of hydrogen-bond acceptors (Lipinski definition) is 5. The summed E-state index contributed by atoms with van der Waals surface area (Å²) >= 11 is 0. The van der Waals surface area contributed by atoms with Crippen molar-refractivity contribution < 1.29 is 22.5 Å². The highest BCUT2D eigenvalue weighted by Gasteiger charge is 2.36. The van der Waals surface area contributed by atoms with Gasteiger partial charge in [0.15, 0.2) is 0 Å². The number of hydrogen-bond donors (Lipinski definition) is 1. The first-order chi connectivity index (χ1) is 6.29. The van der Waals surface area contributed by atoms with Gasteiger partial charge < -0.3 is 5.11 Å². The number of rotatable bonds is 3. The third kappa shape index (κ3) is 2.93. The van der Waals surface area contributed by atoms with E-state index in [1.807, 2.05) is 0 Å². The first-order valence-corrected chi connectivity index (χ1v) is 5.92. The van der Waals surface area contributed by atoms with Gasteiger partial charge in [-0.25, -0.2) is 0 Å². The fourth-order valence-electron chi connectivity index (χ4n) is 1.56. The van der Waals surface area contributed by atoms with Gasteiger partial charge in [0, 0.05) is 13.0 Å². The molecule has 0 aliphatic carbocycles. The van der Waals surface area contributed by atoms with Crippen LogP contribution in [0.15, 0.2) is 0 Å². The highest BCUT2D eigenvalue weighted by Crippen LogP contribution is 2.19. The Morgan fingerprint density at radius 1 is 1.57 bits per heavy atom. The molecule has 14 heavy (non-hydrogen) atoms. The molecule has 0 aromatic carbocycles. The van der Waals surface area contributed by atoms with Crippen LogP contribution in [0, 0.1) is 0 Å². The molecule has 0 radical (unpaired) electrons. The molecule has 0 bridgehead atoms. The quantitative estimate of drug-likeness (QED) is 0.625. The summed E-state index contributed by atoms with van der Waals surface area (Å²) in [6, 6.07) is -0.651. The maximum absolute atomic E-state index is 10.8. The molecule has 0 amide bonds. The maximum Gasteiger partial charge on any atom is 0.321 e. The molecular weight excluding hydrogens is 210 g/mol. The van der Waals surface area contributed by atoms with Gasteiger partial charge in [0.1, 0.15) is 6.04 Å². The van der Waals surface area contributed by atoms with Gasteiger partial charge in [0.2, 0.25) is 0 Å². The Bertz CT molecular complexity index is 325. The van der Waals surface area contributed by atoms with Crippen molar-refractivity contribution in [3.8, 4) is 0 Å². The summed E-state index contributed by atoms with van der Waals surface area (Å²) in [6.07, 6.45) is 0.621. The summed E-state index contributed by atoms with van der Waals surface area (Å²) in [6.45, 7) is 0.323. The number of likely N-dealkylation sites (N-methyl/N-ethyl adjacent to an activating group) is 1. The van der Waals surface area contributed by atoms with E-state index in [2.05, 4.69) is 0 Å². The summed E-state index contributed by atoms with van der Waals surface area (Å²) in [5, 5.41) is 8.75. The fraction of sp³-hybridized carbons (Fsp3) is 0.857. The highest BCUT2D eigenvalue weighted by molar-refractivity contribution is 7.86. The topological polar surface area (TPSA) is 83.9 Å². The molecular formula is C7H13NO5S. The van der Waals surface area contributed by atoms with E-state index in [0.717, 1.165) is 6.26 Å². The molecule has 1 saturated heterocycles. The van der Waals surface area contributed by atoms with E-state index < -0.39 is 28.2 Å². The van der Waals surface area contributed by atoms with Gasteiger partial charge in [-0.05, 0) is 7.05 Å². The standard InChI is InChI=1S/C7H13NO5S/c1-8-4-5(13-14(2,11)12)3-6(8)7(9)10/h5-6H,3-4H2,1-2H3,(H,9,10)/t5-,6+/m1/s1. The minimum absolute atomic E-state index is 0.207. The van der Waals surface area contributed by atoms with Gasteiger partial charge >= 0.3 is 5.97 Å². The Hall–Kier alpha value is -0.660. The van der Waals surface area contributed by atoms with Gasteiger partial charge in [-0.15, -0.1) is 0 Å². The van der Waals surface area contributed by atoms with Crippen molar-refractivity contribution in [2.24, 2.45) is 0 Å². The zero-order valence-corrected chi connectivity index (χ0v) is 8.82. The van der Waals surface area contributed by atoms with Gasteiger partial charge in [-0.2, -0.15) is 8.42 Å². The van der Waals surface area contributed by atoms with Crippen molar-refractivity contribution in [2.45, 2.75) is 18.6 Å². The largest absolute Gasteiger partial charge is 0.480 e. The number of carboxylic acids is 1. The molecule has 6 nitrogen and oxygen atoms in total. The third-order valence-electron chi connectivity index (χ3n) is 2.11. The van der Waals surface area contributed by atoms with E-state index in [-0.39, 0.29) is 6.42 Å². The SMILES string of the molecule is CN1C[C@H](OS(C)(=O)=O)C[C@H]1C(=O)O. The molecule has 82 valence electrons. The van der Waals surface area contributed by atoms with Crippen molar-refractivity contribution >= 4 is 16.1 Å². The summed E-state index contributed by atoms with van der Waals surface area (Å²) in [7, 11) is -1.87. The minimum atomic E-state index is -3.50. The van der Waals surface area contributed by atoms with Crippen LogP contribution >= 0.6 is 0 Å². The second-order valence-corrected chi connectivity index (χ2v) is 5.05.